The van der Waals surface area contributed by atoms with Crippen molar-refractivity contribution in [2.75, 3.05) is 26.7 Å². The van der Waals surface area contributed by atoms with E-state index in [1.807, 2.05) is 36.1 Å². The summed E-state index contributed by atoms with van der Waals surface area (Å²) >= 11 is 0. The minimum absolute atomic E-state index is 0.109. The van der Waals surface area contributed by atoms with Gasteiger partial charge >= 0.3 is 0 Å². The highest BCUT2D eigenvalue weighted by molar-refractivity contribution is 5.79. The van der Waals surface area contributed by atoms with Crippen molar-refractivity contribution in [3.8, 4) is 5.75 Å². The first kappa shape index (κ1) is 18.3. The Bertz CT molecular complexity index is 559. The SMILES string of the molecule is CCCC(=O)NC[C@H]1CCCN(C(=O)Cc2cccc(OC)c2)C1. The summed E-state index contributed by atoms with van der Waals surface area (Å²) in [6.45, 7) is 4.21. The van der Waals surface area contributed by atoms with E-state index in [1.54, 1.807) is 7.11 Å². The van der Waals surface area contributed by atoms with Crippen molar-refractivity contribution in [1.29, 1.82) is 0 Å². The summed E-state index contributed by atoms with van der Waals surface area (Å²) in [6.07, 6.45) is 3.90. The number of benzene rings is 1. The molecule has 1 aliphatic heterocycles. The quantitative estimate of drug-likeness (QED) is 0.834. The van der Waals surface area contributed by atoms with E-state index in [0.717, 1.165) is 43.7 Å². The van der Waals surface area contributed by atoms with Crippen molar-refractivity contribution < 1.29 is 14.3 Å². The molecule has 1 aromatic carbocycles. The number of piperidine rings is 1. The van der Waals surface area contributed by atoms with Crippen LogP contribution in [0.2, 0.25) is 0 Å². The van der Waals surface area contributed by atoms with Gasteiger partial charge in [0.2, 0.25) is 11.8 Å². The molecule has 5 heteroatoms. The van der Waals surface area contributed by atoms with Gasteiger partial charge in [-0.15, -0.1) is 0 Å². The van der Waals surface area contributed by atoms with Gasteiger partial charge in [-0.1, -0.05) is 19.1 Å². The fraction of sp³-hybridized carbons (Fsp3) is 0.579. The molecule has 0 radical (unpaired) electrons. The topological polar surface area (TPSA) is 58.6 Å². The molecule has 0 spiro atoms. The van der Waals surface area contributed by atoms with Crippen LogP contribution in [0.15, 0.2) is 24.3 Å². The summed E-state index contributed by atoms with van der Waals surface area (Å²) in [5.74, 6) is 1.38. The van der Waals surface area contributed by atoms with Gasteiger partial charge < -0.3 is 15.0 Å². The van der Waals surface area contributed by atoms with Crippen LogP contribution in [-0.2, 0) is 16.0 Å². The highest BCUT2D eigenvalue weighted by Gasteiger charge is 2.24. The molecular weight excluding hydrogens is 304 g/mol. The monoisotopic (exact) mass is 332 g/mol. The molecule has 24 heavy (non-hydrogen) atoms. The minimum Gasteiger partial charge on any atom is -0.497 e. The van der Waals surface area contributed by atoms with Crippen LogP contribution >= 0.6 is 0 Å². The molecule has 1 fully saturated rings. The number of hydrogen-bond donors (Lipinski definition) is 1. The molecule has 2 amide bonds. The highest BCUT2D eigenvalue weighted by atomic mass is 16.5. The molecule has 132 valence electrons. The number of hydrogen-bond acceptors (Lipinski definition) is 3. The van der Waals surface area contributed by atoms with Gasteiger partial charge in [0.1, 0.15) is 5.75 Å². The molecule has 1 saturated heterocycles. The number of carbonyl (C=O) groups excluding carboxylic acids is 2. The van der Waals surface area contributed by atoms with E-state index in [4.69, 9.17) is 4.74 Å². The molecule has 0 aromatic heterocycles. The average molecular weight is 332 g/mol. The van der Waals surface area contributed by atoms with Crippen LogP contribution in [-0.4, -0.2) is 43.5 Å². The van der Waals surface area contributed by atoms with Crippen LogP contribution < -0.4 is 10.1 Å². The Kier molecular flexibility index (Phi) is 7.09. The lowest BCUT2D eigenvalue weighted by molar-refractivity contribution is -0.132. The van der Waals surface area contributed by atoms with Crippen molar-refractivity contribution in [3.05, 3.63) is 29.8 Å². The molecule has 1 N–H and O–H groups in total. The van der Waals surface area contributed by atoms with E-state index in [2.05, 4.69) is 5.32 Å². The van der Waals surface area contributed by atoms with Crippen molar-refractivity contribution in [3.63, 3.8) is 0 Å². The summed E-state index contributed by atoms with van der Waals surface area (Å²) in [5.41, 5.74) is 0.970. The van der Waals surface area contributed by atoms with Crippen molar-refractivity contribution in [1.82, 2.24) is 10.2 Å². The molecule has 1 aliphatic rings. The van der Waals surface area contributed by atoms with Gasteiger partial charge in [-0.2, -0.15) is 0 Å². The molecule has 2 rings (SSSR count). The fourth-order valence-corrected chi connectivity index (χ4v) is 3.10. The van der Waals surface area contributed by atoms with Gasteiger partial charge in [0.25, 0.3) is 0 Å². The number of nitrogens with one attached hydrogen (secondary N) is 1. The maximum absolute atomic E-state index is 12.6. The number of rotatable bonds is 7. The first-order valence-corrected chi connectivity index (χ1v) is 8.79. The van der Waals surface area contributed by atoms with Gasteiger partial charge in [-0.05, 0) is 42.9 Å². The third-order valence-corrected chi connectivity index (χ3v) is 4.43. The molecule has 0 bridgehead atoms. The summed E-state index contributed by atoms with van der Waals surface area (Å²) in [7, 11) is 1.63. The Labute approximate surface area is 144 Å². The van der Waals surface area contributed by atoms with Crippen molar-refractivity contribution in [2.24, 2.45) is 5.92 Å². The molecular formula is C19H28N2O3. The normalized spacial score (nSPS) is 17.4. The lowest BCUT2D eigenvalue weighted by Crippen LogP contribution is -2.44. The standard InChI is InChI=1S/C19H28N2O3/c1-3-6-18(22)20-13-16-8-5-10-21(14-16)19(23)12-15-7-4-9-17(11-15)24-2/h4,7,9,11,16H,3,5-6,8,10,12-14H2,1-2H3,(H,20,22)/t16-/m1/s1. The number of amides is 2. The third kappa shape index (κ3) is 5.55. The Morgan fingerprint density at radius 3 is 2.96 bits per heavy atom. The summed E-state index contributed by atoms with van der Waals surface area (Å²) < 4.78 is 5.21. The van der Waals surface area contributed by atoms with E-state index >= 15 is 0 Å². The van der Waals surface area contributed by atoms with Gasteiger partial charge in [0, 0.05) is 26.1 Å². The van der Waals surface area contributed by atoms with E-state index in [-0.39, 0.29) is 11.8 Å². The zero-order valence-electron chi connectivity index (χ0n) is 14.7. The maximum atomic E-state index is 12.6. The molecule has 0 saturated carbocycles. The number of methoxy groups -OCH3 is 1. The summed E-state index contributed by atoms with van der Waals surface area (Å²) in [5, 5.41) is 2.98. The lowest BCUT2D eigenvalue weighted by atomic mass is 9.97. The molecule has 1 aromatic rings. The van der Waals surface area contributed by atoms with E-state index in [9.17, 15) is 9.59 Å². The second kappa shape index (κ2) is 9.30. The number of ether oxygens (including phenoxy) is 1. The largest absolute Gasteiger partial charge is 0.497 e. The number of nitrogens with zero attached hydrogens (tertiary/aromatic N) is 1. The maximum Gasteiger partial charge on any atom is 0.227 e. The predicted octanol–water partition coefficient (Wildman–Crippen LogP) is 2.39. The molecule has 5 nitrogen and oxygen atoms in total. The van der Waals surface area contributed by atoms with Crippen LogP contribution in [0, 0.1) is 5.92 Å². The van der Waals surface area contributed by atoms with Gasteiger partial charge in [-0.3, -0.25) is 9.59 Å². The second-order valence-corrected chi connectivity index (χ2v) is 6.43. The summed E-state index contributed by atoms with van der Waals surface area (Å²) in [4.78, 5) is 26.1. The third-order valence-electron chi connectivity index (χ3n) is 4.43. The van der Waals surface area contributed by atoms with Gasteiger partial charge in [-0.25, -0.2) is 0 Å². The number of likely N-dealkylation sites (tertiary alicyclic amines) is 1. The van der Waals surface area contributed by atoms with Crippen LogP contribution in [0.5, 0.6) is 5.75 Å². The van der Waals surface area contributed by atoms with Gasteiger partial charge in [0.15, 0.2) is 0 Å². The smallest absolute Gasteiger partial charge is 0.227 e. The molecule has 0 aliphatic carbocycles. The van der Waals surface area contributed by atoms with E-state index in [0.29, 0.717) is 25.3 Å². The first-order valence-electron chi connectivity index (χ1n) is 8.79. The number of carbonyl (C=O) groups is 2. The molecule has 0 unspecified atom stereocenters. The second-order valence-electron chi connectivity index (χ2n) is 6.43. The van der Waals surface area contributed by atoms with E-state index < -0.39 is 0 Å². The van der Waals surface area contributed by atoms with Crippen molar-refractivity contribution >= 4 is 11.8 Å². The highest BCUT2D eigenvalue weighted by Crippen LogP contribution is 2.18. The van der Waals surface area contributed by atoms with Crippen LogP contribution in [0.3, 0.4) is 0 Å². The average Bonchev–Trinajstić information content (AvgIpc) is 2.60. The van der Waals surface area contributed by atoms with E-state index in [1.165, 1.54) is 0 Å². The van der Waals surface area contributed by atoms with Crippen LogP contribution in [0.4, 0.5) is 0 Å². The summed E-state index contributed by atoms with van der Waals surface area (Å²) in [6, 6.07) is 7.64. The Balaban J connectivity index is 1.84. The fourth-order valence-electron chi connectivity index (χ4n) is 3.10. The molecule has 1 atom stereocenters. The Morgan fingerprint density at radius 2 is 2.21 bits per heavy atom. The van der Waals surface area contributed by atoms with Crippen LogP contribution in [0.25, 0.3) is 0 Å². The molecule has 1 heterocycles. The first-order chi connectivity index (χ1) is 11.6. The Morgan fingerprint density at radius 1 is 1.38 bits per heavy atom. The minimum atomic E-state index is 0.109. The van der Waals surface area contributed by atoms with Gasteiger partial charge in [0.05, 0.1) is 13.5 Å². The zero-order valence-corrected chi connectivity index (χ0v) is 14.7. The Hall–Kier alpha value is -2.04. The lowest BCUT2D eigenvalue weighted by Gasteiger charge is -2.33. The predicted molar refractivity (Wildman–Crippen MR) is 93.9 cm³/mol. The van der Waals surface area contributed by atoms with Crippen molar-refractivity contribution in [2.45, 2.75) is 39.0 Å². The van der Waals surface area contributed by atoms with Crippen LogP contribution in [0.1, 0.15) is 38.2 Å². The zero-order chi connectivity index (χ0) is 17.4.